The highest BCUT2D eigenvalue weighted by molar-refractivity contribution is 7.86. The molecule has 0 aromatic heterocycles. The van der Waals surface area contributed by atoms with Crippen LogP contribution in [0.15, 0.2) is 0 Å². The second-order valence-electron chi connectivity index (χ2n) is 7.25. The summed E-state index contributed by atoms with van der Waals surface area (Å²) < 4.78 is 79.3. The summed E-state index contributed by atoms with van der Waals surface area (Å²) in [5, 5.41) is 10.1. The molecule has 7 N–H and O–H groups in total. The first-order valence-electron chi connectivity index (χ1n) is 11.0. The minimum absolute atomic E-state index is 0.00306. The van der Waals surface area contributed by atoms with Gasteiger partial charge < -0.3 is 30.8 Å². The molecule has 0 amide bonds. The number of nitrogens with two attached hydrogens (primary N) is 2. The van der Waals surface area contributed by atoms with E-state index in [1.165, 1.54) is 0 Å². The Morgan fingerprint density at radius 3 is 1.51 bits per heavy atom. The van der Waals surface area contributed by atoms with Crippen LogP contribution < -0.4 is 25.7 Å². The molecule has 0 aliphatic rings. The molecule has 0 bridgehead atoms. The molecular formula is C22H30N2O11S2. The van der Waals surface area contributed by atoms with Gasteiger partial charge in [-0.1, -0.05) is 30.6 Å². The van der Waals surface area contributed by atoms with E-state index in [2.05, 4.69) is 23.7 Å². The minimum atomic E-state index is -4.29. The van der Waals surface area contributed by atoms with Crippen LogP contribution >= 0.6 is 0 Å². The van der Waals surface area contributed by atoms with Crippen LogP contribution in [0.2, 0.25) is 0 Å². The molecule has 0 saturated heterocycles. The molecule has 13 nitrogen and oxygen atoms in total. The molecule has 0 atom stereocenters. The molecule has 0 saturated carbocycles. The van der Waals surface area contributed by atoms with Crippen molar-refractivity contribution in [2.45, 2.75) is 26.2 Å². The van der Waals surface area contributed by atoms with Crippen LogP contribution in [-0.4, -0.2) is 81.4 Å². The van der Waals surface area contributed by atoms with Gasteiger partial charge in [-0.05, 0) is 19.3 Å². The van der Waals surface area contributed by atoms with Crippen molar-refractivity contribution in [1.82, 2.24) is 0 Å². The summed E-state index contributed by atoms with van der Waals surface area (Å²) >= 11 is 0. The second-order valence-corrected chi connectivity index (χ2v) is 10.4. The van der Waals surface area contributed by atoms with Gasteiger partial charge in [0.05, 0.1) is 44.4 Å². The van der Waals surface area contributed by atoms with Gasteiger partial charge in [-0.2, -0.15) is 16.8 Å². The number of hydrogen-bond acceptors (Lipinski definition) is 10. The first-order valence-corrected chi connectivity index (χ1v) is 14.2. The smallest absolute Gasteiger partial charge is 0.343 e. The van der Waals surface area contributed by atoms with Gasteiger partial charge in [0.15, 0.2) is 17.2 Å². The topological polar surface area (TPSA) is 226 Å². The molecule has 206 valence electrons. The lowest BCUT2D eigenvalue weighted by Crippen LogP contribution is -2.16. The SMILES string of the molecule is CCCOc1c(C#CCN)c(OCCCS(=O)(=O)O)c(C(=O)O)c(OCCCS(=O)(=O)O)c1C#CCN. The van der Waals surface area contributed by atoms with E-state index in [1.54, 1.807) is 0 Å². The van der Waals surface area contributed by atoms with Crippen molar-refractivity contribution in [3.8, 4) is 40.9 Å². The van der Waals surface area contributed by atoms with Gasteiger partial charge in [-0.25, -0.2) is 4.79 Å². The Morgan fingerprint density at radius 2 is 1.19 bits per heavy atom. The van der Waals surface area contributed by atoms with Crippen LogP contribution in [0.3, 0.4) is 0 Å². The standard InChI is InChI=1S/C22H30N2O11S2/c1-2-11-33-19-16(7-3-9-23)20(34-12-5-14-36(27,28)29)18(22(25)26)21(17(19)8-4-10-24)35-13-6-15-37(30,31)32/h2,5-6,9-15,23-24H2,1H3,(H,25,26)(H,27,28,29)(H,30,31,32). The molecule has 0 aliphatic heterocycles. The summed E-state index contributed by atoms with van der Waals surface area (Å²) in [6, 6.07) is 0. The van der Waals surface area contributed by atoms with E-state index >= 15 is 0 Å². The van der Waals surface area contributed by atoms with Crippen LogP contribution in [0.4, 0.5) is 0 Å². The summed E-state index contributed by atoms with van der Waals surface area (Å²) in [6.45, 7) is 1.11. The maximum absolute atomic E-state index is 12.4. The molecule has 0 fully saturated rings. The predicted octanol–water partition coefficient (Wildman–Crippen LogP) is 0.107. The van der Waals surface area contributed by atoms with Crippen LogP contribution in [-0.2, 0) is 20.2 Å². The molecule has 0 radical (unpaired) electrons. The summed E-state index contributed by atoms with van der Waals surface area (Å²) in [5.74, 6) is 7.17. The van der Waals surface area contributed by atoms with Crippen molar-refractivity contribution >= 4 is 26.2 Å². The van der Waals surface area contributed by atoms with E-state index in [-0.39, 0.29) is 74.1 Å². The molecule has 1 rings (SSSR count). The minimum Gasteiger partial charge on any atom is -0.491 e. The largest absolute Gasteiger partial charge is 0.491 e. The predicted molar refractivity (Wildman–Crippen MR) is 134 cm³/mol. The van der Waals surface area contributed by atoms with Gasteiger partial charge in [-0.15, -0.1) is 0 Å². The summed E-state index contributed by atoms with van der Waals surface area (Å²) in [4.78, 5) is 12.4. The highest BCUT2D eigenvalue weighted by atomic mass is 32.2. The van der Waals surface area contributed by atoms with Crippen LogP contribution in [0.1, 0.15) is 47.7 Å². The average Bonchev–Trinajstić information content (AvgIpc) is 2.79. The fraction of sp³-hybridized carbons (Fsp3) is 0.500. The summed E-state index contributed by atoms with van der Waals surface area (Å²) in [6.07, 6.45) is 0.168. The van der Waals surface area contributed by atoms with Crippen molar-refractivity contribution in [2.24, 2.45) is 11.5 Å². The molecule has 1 aromatic carbocycles. The Kier molecular flexibility index (Phi) is 13.2. The Bertz CT molecular complexity index is 1200. The first kappa shape index (κ1) is 32.0. The average molecular weight is 563 g/mol. The fourth-order valence-electron chi connectivity index (χ4n) is 2.85. The Labute approximate surface area is 216 Å². The Balaban J connectivity index is 3.86. The van der Waals surface area contributed by atoms with E-state index in [9.17, 15) is 26.7 Å². The van der Waals surface area contributed by atoms with Crippen LogP contribution in [0.5, 0.6) is 17.2 Å². The lowest BCUT2D eigenvalue weighted by atomic mass is 9.99. The molecule has 0 unspecified atom stereocenters. The van der Waals surface area contributed by atoms with Crippen molar-refractivity contribution in [3.63, 3.8) is 0 Å². The third kappa shape index (κ3) is 11.3. The van der Waals surface area contributed by atoms with Crippen molar-refractivity contribution < 1.29 is 50.1 Å². The molecule has 1 aromatic rings. The highest BCUT2D eigenvalue weighted by Gasteiger charge is 2.30. The molecule has 0 aliphatic carbocycles. The number of hydrogen-bond donors (Lipinski definition) is 5. The zero-order valence-corrected chi connectivity index (χ0v) is 21.8. The lowest BCUT2D eigenvalue weighted by Gasteiger charge is -2.21. The zero-order chi connectivity index (χ0) is 28.1. The van der Waals surface area contributed by atoms with Gasteiger partial charge in [0.1, 0.15) is 16.7 Å². The van der Waals surface area contributed by atoms with Gasteiger partial charge in [0, 0.05) is 0 Å². The number of carboxylic acid groups (broad SMARTS) is 1. The number of carbonyl (C=O) groups is 1. The summed E-state index contributed by atoms with van der Waals surface area (Å²) in [5.41, 5.74) is 10.4. The lowest BCUT2D eigenvalue weighted by molar-refractivity contribution is 0.0686. The Morgan fingerprint density at radius 1 is 0.784 bits per heavy atom. The normalized spacial score (nSPS) is 11.1. The monoisotopic (exact) mass is 562 g/mol. The number of benzene rings is 1. The van der Waals surface area contributed by atoms with E-state index in [1.807, 2.05) is 6.92 Å². The first-order chi connectivity index (χ1) is 17.4. The summed E-state index contributed by atoms with van der Waals surface area (Å²) in [7, 11) is -8.58. The number of rotatable bonds is 14. The fourth-order valence-corrected chi connectivity index (χ4v) is 3.82. The third-order valence-corrected chi connectivity index (χ3v) is 5.85. The molecule has 37 heavy (non-hydrogen) atoms. The van der Waals surface area contributed by atoms with Crippen molar-refractivity contribution in [1.29, 1.82) is 0 Å². The van der Waals surface area contributed by atoms with Gasteiger partial charge in [0.25, 0.3) is 20.2 Å². The maximum atomic E-state index is 12.4. The molecule has 0 spiro atoms. The molecule has 0 heterocycles. The maximum Gasteiger partial charge on any atom is 0.343 e. The van der Waals surface area contributed by atoms with Crippen molar-refractivity contribution in [2.75, 3.05) is 44.4 Å². The van der Waals surface area contributed by atoms with Gasteiger partial charge in [0.2, 0.25) is 0 Å². The van der Waals surface area contributed by atoms with Gasteiger partial charge >= 0.3 is 5.97 Å². The van der Waals surface area contributed by atoms with E-state index in [0.29, 0.717) is 6.42 Å². The van der Waals surface area contributed by atoms with Crippen molar-refractivity contribution in [3.05, 3.63) is 16.7 Å². The van der Waals surface area contributed by atoms with Crippen LogP contribution in [0, 0.1) is 23.7 Å². The number of ether oxygens (including phenoxy) is 3. The quantitative estimate of drug-likeness (QED) is 0.115. The zero-order valence-electron chi connectivity index (χ0n) is 20.1. The Hall–Kier alpha value is -3.05. The third-order valence-electron chi connectivity index (χ3n) is 4.24. The van der Waals surface area contributed by atoms with E-state index in [0.717, 1.165) is 0 Å². The highest BCUT2D eigenvalue weighted by Crippen LogP contribution is 2.43. The van der Waals surface area contributed by atoms with Gasteiger partial charge in [-0.3, -0.25) is 9.11 Å². The van der Waals surface area contributed by atoms with Crippen LogP contribution in [0.25, 0.3) is 0 Å². The second kappa shape index (κ2) is 15.3. The number of carboxylic acids is 1. The molecular weight excluding hydrogens is 532 g/mol. The molecule has 15 heteroatoms. The van der Waals surface area contributed by atoms with E-state index in [4.69, 9.17) is 34.8 Å². The van der Waals surface area contributed by atoms with E-state index < -0.39 is 43.3 Å². The number of aromatic carboxylic acids is 1.